The van der Waals surface area contributed by atoms with Crippen LogP contribution in [-0.2, 0) is 6.42 Å². The monoisotopic (exact) mass is 439 g/mol. The van der Waals surface area contributed by atoms with Crippen LogP contribution in [0.3, 0.4) is 0 Å². The van der Waals surface area contributed by atoms with E-state index in [9.17, 15) is 9.59 Å². The summed E-state index contributed by atoms with van der Waals surface area (Å²) in [5, 5.41) is 1.18. The molecule has 2 aliphatic rings. The molecule has 7 heteroatoms. The molecule has 0 saturated carbocycles. The van der Waals surface area contributed by atoms with Crippen molar-refractivity contribution in [1.29, 1.82) is 0 Å². The number of nitrogens with two attached hydrogens (primary N) is 1. The number of rotatable bonds is 3. The molecule has 1 aromatic heterocycles. The number of benzene rings is 3. The number of nitrogens with zero attached hydrogens (tertiary/aromatic N) is 1. The van der Waals surface area contributed by atoms with Crippen LogP contribution in [0.25, 0.3) is 10.9 Å². The van der Waals surface area contributed by atoms with Crippen molar-refractivity contribution in [2.24, 2.45) is 5.73 Å². The zero-order chi connectivity index (χ0) is 22.5. The number of amides is 2. The molecule has 2 amide bonds. The number of carbonyl (C=O) groups excluding carboxylic acids is 2. The summed E-state index contributed by atoms with van der Waals surface area (Å²) in [6.07, 6.45) is 0.742. The summed E-state index contributed by atoms with van der Waals surface area (Å²) in [6, 6.07) is 20.2. The van der Waals surface area contributed by atoms with Gasteiger partial charge in [0, 0.05) is 34.3 Å². The summed E-state index contributed by atoms with van der Waals surface area (Å²) in [4.78, 5) is 30.5. The standard InChI is InChI=1S/C26H21N3O4/c27-25(30)15-5-7-16(8-6-15)26(31)29-12-11-19-18-3-1-2-4-20(18)28-23(19)24(29)17-9-10-21-22(13-17)33-14-32-21/h1-10,13,24,28H,11-12,14H2,(H2,27,30). The highest BCUT2D eigenvalue weighted by Gasteiger charge is 2.35. The van der Waals surface area contributed by atoms with Gasteiger partial charge in [0.05, 0.1) is 6.04 Å². The number of aromatic amines is 1. The Labute approximate surface area is 189 Å². The van der Waals surface area contributed by atoms with Gasteiger partial charge in [-0.2, -0.15) is 0 Å². The Morgan fingerprint density at radius 2 is 1.70 bits per heavy atom. The van der Waals surface area contributed by atoms with Gasteiger partial charge >= 0.3 is 0 Å². The lowest BCUT2D eigenvalue weighted by atomic mass is 9.91. The first-order chi connectivity index (χ1) is 16.1. The Hall–Kier alpha value is -4.26. The zero-order valence-electron chi connectivity index (χ0n) is 17.7. The molecule has 3 aromatic carbocycles. The number of para-hydroxylation sites is 1. The first-order valence-corrected chi connectivity index (χ1v) is 10.8. The smallest absolute Gasteiger partial charge is 0.254 e. The third kappa shape index (κ3) is 3.12. The lowest BCUT2D eigenvalue weighted by Crippen LogP contribution is -2.40. The molecule has 4 aromatic rings. The quantitative estimate of drug-likeness (QED) is 0.508. The topological polar surface area (TPSA) is 97.7 Å². The molecule has 3 N–H and O–H groups in total. The van der Waals surface area contributed by atoms with E-state index in [1.54, 1.807) is 24.3 Å². The molecule has 6 rings (SSSR count). The Morgan fingerprint density at radius 3 is 2.52 bits per heavy atom. The zero-order valence-corrected chi connectivity index (χ0v) is 17.7. The van der Waals surface area contributed by atoms with E-state index in [2.05, 4.69) is 17.1 Å². The van der Waals surface area contributed by atoms with E-state index < -0.39 is 5.91 Å². The minimum Gasteiger partial charge on any atom is -0.454 e. The van der Waals surface area contributed by atoms with E-state index in [4.69, 9.17) is 15.2 Å². The van der Waals surface area contributed by atoms with Gasteiger partial charge in [-0.1, -0.05) is 24.3 Å². The summed E-state index contributed by atoms with van der Waals surface area (Å²) < 4.78 is 11.1. The van der Waals surface area contributed by atoms with Crippen molar-refractivity contribution in [3.05, 3.63) is 94.7 Å². The number of carbonyl (C=O) groups is 2. The fourth-order valence-electron chi connectivity index (χ4n) is 4.83. The maximum absolute atomic E-state index is 13.7. The lowest BCUT2D eigenvalue weighted by molar-refractivity contribution is 0.0691. The number of hydrogen-bond donors (Lipinski definition) is 2. The number of ether oxygens (including phenoxy) is 2. The number of primary amides is 1. The molecule has 0 spiro atoms. The van der Waals surface area contributed by atoms with Crippen molar-refractivity contribution in [3.8, 4) is 11.5 Å². The lowest BCUT2D eigenvalue weighted by Gasteiger charge is -2.36. The molecule has 3 heterocycles. The largest absolute Gasteiger partial charge is 0.454 e. The third-order valence-electron chi connectivity index (χ3n) is 6.42. The van der Waals surface area contributed by atoms with Gasteiger partial charge in [-0.25, -0.2) is 0 Å². The Kier molecular flexibility index (Phi) is 4.36. The Morgan fingerprint density at radius 1 is 0.939 bits per heavy atom. The average molecular weight is 439 g/mol. The number of H-pyrrole nitrogens is 1. The van der Waals surface area contributed by atoms with E-state index in [-0.39, 0.29) is 18.7 Å². The van der Waals surface area contributed by atoms with E-state index in [1.165, 1.54) is 10.9 Å². The predicted octanol–water partition coefficient (Wildman–Crippen LogP) is 3.78. The summed E-state index contributed by atoms with van der Waals surface area (Å²) >= 11 is 0. The fourth-order valence-corrected chi connectivity index (χ4v) is 4.83. The Bertz CT molecular complexity index is 1410. The minimum atomic E-state index is -0.520. The van der Waals surface area contributed by atoms with E-state index >= 15 is 0 Å². The maximum atomic E-state index is 13.7. The van der Waals surface area contributed by atoms with Gasteiger partial charge in [0.25, 0.3) is 5.91 Å². The first-order valence-electron chi connectivity index (χ1n) is 10.8. The molecule has 2 aliphatic heterocycles. The number of nitrogens with one attached hydrogen (secondary N) is 1. The fraction of sp³-hybridized carbons (Fsp3) is 0.154. The summed E-state index contributed by atoms with van der Waals surface area (Å²) in [5.41, 5.74) is 10.4. The molecular formula is C26H21N3O4. The highest BCUT2D eigenvalue weighted by molar-refractivity contribution is 5.98. The number of fused-ring (bicyclic) bond motifs is 4. The molecule has 0 bridgehead atoms. The van der Waals surface area contributed by atoms with Crippen LogP contribution in [0.2, 0.25) is 0 Å². The molecule has 7 nitrogen and oxygen atoms in total. The molecule has 164 valence electrons. The van der Waals surface area contributed by atoms with Crippen molar-refractivity contribution in [1.82, 2.24) is 9.88 Å². The normalized spacial score (nSPS) is 16.6. The SMILES string of the molecule is NC(=O)c1ccc(C(=O)N2CCc3c([nH]c4ccccc34)C2c2ccc3c(c2)OCO3)cc1. The van der Waals surface area contributed by atoms with Gasteiger partial charge in [0.15, 0.2) is 11.5 Å². The van der Waals surface area contributed by atoms with Crippen LogP contribution < -0.4 is 15.2 Å². The predicted molar refractivity (Wildman–Crippen MR) is 122 cm³/mol. The van der Waals surface area contributed by atoms with Crippen molar-refractivity contribution < 1.29 is 19.1 Å². The van der Waals surface area contributed by atoms with Crippen molar-refractivity contribution in [3.63, 3.8) is 0 Å². The van der Waals surface area contributed by atoms with Crippen LogP contribution in [0, 0.1) is 0 Å². The first kappa shape index (κ1) is 19.4. The Balaban J connectivity index is 1.47. The van der Waals surface area contributed by atoms with E-state index in [1.807, 2.05) is 35.2 Å². The number of aromatic nitrogens is 1. The van der Waals surface area contributed by atoms with Crippen LogP contribution in [0.4, 0.5) is 0 Å². The van der Waals surface area contributed by atoms with E-state index in [0.717, 1.165) is 23.2 Å². The van der Waals surface area contributed by atoms with Crippen molar-refractivity contribution >= 4 is 22.7 Å². The second-order valence-electron chi connectivity index (χ2n) is 8.27. The van der Waals surface area contributed by atoms with Crippen LogP contribution in [0.5, 0.6) is 11.5 Å². The van der Waals surface area contributed by atoms with Gasteiger partial charge in [-0.05, 0) is 60.0 Å². The molecule has 0 fully saturated rings. The van der Waals surface area contributed by atoms with Gasteiger partial charge in [0.1, 0.15) is 0 Å². The maximum Gasteiger partial charge on any atom is 0.254 e. The second kappa shape index (κ2) is 7.41. The van der Waals surface area contributed by atoms with Gasteiger partial charge in [-0.3, -0.25) is 9.59 Å². The average Bonchev–Trinajstić information content (AvgIpc) is 3.47. The van der Waals surface area contributed by atoms with Crippen LogP contribution in [0.15, 0.2) is 66.7 Å². The number of hydrogen-bond acceptors (Lipinski definition) is 4. The minimum absolute atomic E-state index is 0.113. The van der Waals surface area contributed by atoms with Crippen LogP contribution in [0.1, 0.15) is 43.6 Å². The summed E-state index contributed by atoms with van der Waals surface area (Å²) in [7, 11) is 0. The molecule has 0 saturated heterocycles. The van der Waals surface area contributed by atoms with Gasteiger partial charge in [0.2, 0.25) is 12.7 Å². The van der Waals surface area contributed by atoms with E-state index in [0.29, 0.717) is 29.2 Å². The van der Waals surface area contributed by atoms with Gasteiger partial charge in [-0.15, -0.1) is 0 Å². The van der Waals surface area contributed by atoms with Crippen LogP contribution in [-0.4, -0.2) is 35.0 Å². The molecule has 0 radical (unpaired) electrons. The highest BCUT2D eigenvalue weighted by atomic mass is 16.7. The summed E-state index contributed by atoms with van der Waals surface area (Å²) in [6.45, 7) is 0.750. The second-order valence-corrected chi connectivity index (χ2v) is 8.27. The molecule has 33 heavy (non-hydrogen) atoms. The van der Waals surface area contributed by atoms with Crippen LogP contribution >= 0.6 is 0 Å². The molecule has 1 unspecified atom stereocenters. The molecule has 0 aliphatic carbocycles. The van der Waals surface area contributed by atoms with Crippen molar-refractivity contribution in [2.75, 3.05) is 13.3 Å². The highest BCUT2D eigenvalue weighted by Crippen LogP contribution is 2.42. The molecule has 1 atom stereocenters. The molecular weight excluding hydrogens is 418 g/mol. The van der Waals surface area contributed by atoms with Gasteiger partial charge < -0.3 is 25.1 Å². The summed E-state index contributed by atoms with van der Waals surface area (Å²) in [5.74, 6) is 0.742. The third-order valence-corrected chi connectivity index (χ3v) is 6.42. The van der Waals surface area contributed by atoms with Crippen molar-refractivity contribution in [2.45, 2.75) is 12.5 Å².